The summed E-state index contributed by atoms with van der Waals surface area (Å²) in [6, 6.07) is 3.98. The molecule has 1 aliphatic rings. The minimum atomic E-state index is 0.364. The van der Waals surface area contributed by atoms with Crippen LogP contribution in [-0.2, 0) is 0 Å². The van der Waals surface area contributed by atoms with Gasteiger partial charge in [-0.05, 0) is 30.9 Å². The van der Waals surface area contributed by atoms with E-state index in [1.54, 1.807) is 0 Å². The molecular formula is C14H21N3S. The second-order valence-electron chi connectivity index (χ2n) is 4.98. The Kier molecular flexibility index (Phi) is 4.53. The monoisotopic (exact) mass is 263 g/mol. The van der Waals surface area contributed by atoms with Gasteiger partial charge in [-0.2, -0.15) is 0 Å². The molecule has 0 unspecified atom stereocenters. The van der Waals surface area contributed by atoms with Crippen molar-refractivity contribution in [2.24, 2.45) is 11.7 Å². The summed E-state index contributed by atoms with van der Waals surface area (Å²) in [7, 11) is 0. The summed E-state index contributed by atoms with van der Waals surface area (Å²) in [5.41, 5.74) is 7.44. The average molecular weight is 263 g/mol. The summed E-state index contributed by atoms with van der Waals surface area (Å²) in [4.78, 5) is 7.07. The van der Waals surface area contributed by atoms with Crippen molar-refractivity contribution in [2.75, 3.05) is 18.0 Å². The fourth-order valence-electron chi connectivity index (χ4n) is 2.61. The van der Waals surface area contributed by atoms with Crippen LogP contribution in [-0.4, -0.2) is 23.1 Å². The number of hydrogen-bond donors (Lipinski definition) is 1. The van der Waals surface area contributed by atoms with Crippen molar-refractivity contribution in [3.05, 3.63) is 24.0 Å². The maximum Gasteiger partial charge on any atom is 0.122 e. The molecule has 0 aromatic carbocycles. The zero-order valence-corrected chi connectivity index (χ0v) is 11.7. The Labute approximate surface area is 114 Å². The molecule has 0 radical (unpaired) electrons. The van der Waals surface area contributed by atoms with Crippen molar-refractivity contribution < 1.29 is 0 Å². The lowest BCUT2D eigenvalue weighted by Crippen LogP contribution is -2.33. The molecule has 1 aromatic rings. The van der Waals surface area contributed by atoms with Crippen molar-refractivity contribution in [3.8, 4) is 0 Å². The number of rotatable bonds is 4. The molecule has 2 heterocycles. The van der Waals surface area contributed by atoms with E-state index < -0.39 is 0 Å². The number of thiocarbonyl (C=S) groups is 1. The number of nitrogens with two attached hydrogens (primary N) is 1. The van der Waals surface area contributed by atoms with Gasteiger partial charge in [0.1, 0.15) is 4.99 Å². The first-order valence-electron chi connectivity index (χ1n) is 6.71. The van der Waals surface area contributed by atoms with Crippen molar-refractivity contribution in [1.29, 1.82) is 0 Å². The number of nitrogens with zero attached hydrogens (tertiary/aromatic N) is 2. The molecule has 0 amide bonds. The molecule has 0 aliphatic carbocycles. The molecule has 98 valence electrons. The molecule has 1 saturated heterocycles. The summed E-state index contributed by atoms with van der Waals surface area (Å²) in [6.07, 6.45) is 7.14. The topological polar surface area (TPSA) is 42.1 Å². The number of aromatic nitrogens is 1. The van der Waals surface area contributed by atoms with E-state index in [1.165, 1.54) is 31.4 Å². The fourth-order valence-corrected chi connectivity index (χ4v) is 2.73. The van der Waals surface area contributed by atoms with E-state index >= 15 is 0 Å². The predicted octanol–water partition coefficient (Wildman–Crippen LogP) is 2.73. The van der Waals surface area contributed by atoms with Crippen LogP contribution in [0.4, 0.5) is 5.69 Å². The second-order valence-corrected chi connectivity index (χ2v) is 5.42. The van der Waals surface area contributed by atoms with Crippen LogP contribution in [0.3, 0.4) is 0 Å². The number of anilines is 1. The lowest BCUT2D eigenvalue weighted by atomic mass is 9.92. The summed E-state index contributed by atoms with van der Waals surface area (Å²) in [6.45, 7) is 4.54. The van der Waals surface area contributed by atoms with Gasteiger partial charge in [-0.25, -0.2) is 0 Å². The van der Waals surface area contributed by atoms with Crippen LogP contribution in [0.1, 0.15) is 38.3 Å². The summed E-state index contributed by atoms with van der Waals surface area (Å²) in [5, 5.41) is 0. The molecule has 2 rings (SSSR count). The van der Waals surface area contributed by atoms with E-state index in [4.69, 9.17) is 18.0 Å². The molecule has 0 saturated carbocycles. The van der Waals surface area contributed by atoms with Crippen molar-refractivity contribution in [3.63, 3.8) is 0 Å². The molecule has 18 heavy (non-hydrogen) atoms. The number of pyridine rings is 1. The highest BCUT2D eigenvalue weighted by Gasteiger charge is 2.18. The SMILES string of the molecule is CCCC1CCN(c2ccc(C(N)=S)nc2)CC1. The highest BCUT2D eigenvalue weighted by Crippen LogP contribution is 2.25. The number of hydrogen-bond acceptors (Lipinski definition) is 3. The van der Waals surface area contributed by atoms with E-state index in [2.05, 4.69) is 22.9 Å². The van der Waals surface area contributed by atoms with Crippen molar-refractivity contribution in [1.82, 2.24) is 4.98 Å². The first-order valence-corrected chi connectivity index (χ1v) is 7.12. The third-order valence-electron chi connectivity index (χ3n) is 3.68. The first-order chi connectivity index (χ1) is 8.70. The highest BCUT2D eigenvalue weighted by atomic mass is 32.1. The van der Waals surface area contributed by atoms with Crippen LogP contribution < -0.4 is 10.6 Å². The second kappa shape index (κ2) is 6.14. The molecule has 1 fully saturated rings. The van der Waals surface area contributed by atoms with Gasteiger partial charge >= 0.3 is 0 Å². The minimum absolute atomic E-state index is 0.364. The lowest BCUT2D eigenvalue weighted by Gasteiger charge is -2.33. The molecule has 1 aliphatic heterocycles. The molecule has 0 spiro atoms. The van der Waals surface area contributed by atoms with E-state index in [0.717, 1.165) is 19.0 Å². The van der Waals surface area contributed by atoms with E-state index in [-0.39, 0.29) is 0 Å². The fraction of sp³-hybridized carbons (Fsp3) is 0.571. The van der Waals surface area contributed by atoms with Gasteiger partial charge in [0.25, 0.3) is 0 Å². The maximum atomic E-state index is 5.55. The Hall–Kier alpha value is -1.16. The van der Waals surface area contributed by atoms with Gasteiger partial charge < -0.3 is 10.6 Å². The minimum Gasteiger partial charge on any atom is -0.388 e. The predicted molar refractivity (Wildman–Crippen MR) is 80.0 cm³/mol. The summed E-state index contributed by atoms with van der Waals surface area (Å²) in [5.74, 6) is 0.912. The molecule has 1 aromatic heterocycles. The molecule has 0 atom stereocenters. The zero-order chi connectivity index (χ0) is 13.0. The Balaban J connectivity index is 1.95. The normalized spacial score (nSPS) is 16.8. The largest absolute Gasteiger partial charge is 0.388 e. The Bertz CT molecular complexity index is 394. The number of piperidine rings is 1. The van der Waals surface area contributed by atoms with Gasteiger partial charge in [-0.1, -0.05) is 32.0 Å². The Morgan fingerprint density at radius 1 is 1.44 bits per heavy atom. The molecule has 4 heteroatoms. The van der Waals surface area contributed by atoms with Gasteiger partial charge in [0.2, 0.25) is 0 Å². The van der Waals surface area contributed by atoms with Gasteiger partial charge in [-0.3, -0.25) is 4.98 Å². The van der Waals surface area contributed by atoms with Crippen LogP contribution in [0.5, 0.6) is 0 Å². The quantitative estimate of drug-likeness (QED) is 0.848. The first kappa shape index (κ1) is 13.3. The van der Waals surface area contributed by atoms with Crippen LogP contribution in [0.25, 0.3) is 0 Å². The lowest BCUT2D eigenvalue weighted by molar-refractivity contribution is 0.378. The average Bonchev–Trinajstić information content (AvgIpc) is 2.40. The third-order valence-corrected chi connectivity index (χ3v) is 3.89. The standard InChI is InChI=1S/C14H21N3S/c1-2-3-11-6-8-17(9-7-11)12-4-5-13(14(15)18)16-10-12/h4-5,10-11H,2-3,6-9H2,1H3,(H2,15,18). The Morgan fingerprint density at radius 3 is 2.67 bits per heavy atom. The van der Waals surface area contributed by atoms with Crippen LogP contribution in [0.15, 0.2) is 18.3 Å². The van der Waals surface area contributed by atoms with Crippen LogP contribution >= 0.6 is 12.2 Å². The van der Waals surface area contributed by atoms with Crippen LogP contribution in [0, 0.1) is 5.92 Å². The zero-order valence-electron chi connectivity index (χ0n) is 10.9. The third kappa shape index (κ3) is 3.19. The Morgan fingerprint density at radius 2 is 2.17 bits per heavy atom. The molecule has 0 bridgehead atoms. The smallest absolute Gasteiger partial charge is 0.122 e. The summed E-state index contributed by atoms with van der Waals surface area (Å²) < 4.78 is 0. The van der Waals surface area contributed by atoms with Gasteiger partial charge in [-0.15, -0.1) is 0 Å². The van der Waals surface area contributed by atoms with Crippen LogP contribution in [0.2, 0.25) is 0 Å². The molecule has 3 nitrogen and oxygen atoms in total. The van der Waals surface area contributed by atoms with E-state index in [1.807, 2.05) is 12.3 Å². The van der Waals surface area contributed by atoms with E-state index in [9.17, 15) is 0 Å². The van der Waals surface area contributed by atoms with E-state index in [0.29, 0.717) is 10.7 Å². The maximum absolute atomic E-state index is 5.55. The van der Waals surface area contributed by atoms with Gasteiger partial charge in [0.05, 0.1) is 17.6 Å². The van der Waals surface area contributed by atoms with Gasteiger partial charge in [0, 0.05) is 13.1 Å². The van der Waals surface area contributed by atoms with Crippen molar-refractivity contribution in [2.45, 2.75) is 32.6 Å². The highest BCUT2D eigenvalue weighted by molar-refractivity contribution is 7.80. The summed E-state index contributed by atoms with van der Waals surface area (Å²) >= 11 is 4.91. The molecule has 2 N–H and O–H groups in total. The van der Waals surface area contributed by atoms with Crippen molar-refractivity contribution >= 4 is 22.9 Å². The molecular weight excluding hydrogens is 242 g/mol. The van der Waals surface area contributed by atoms with Gasteiger partial charge in [0.15, 0.2) is 0 Å².